The van der Waals surface area contributed by atoms with Crippen molar-refractivity contribution in [3.8, 4) is 5.75 Å². The monoisotopic (exact) mass is 407 g/mol. The zero-order valence-electron chi connectivity index (χ0n) is 17.4. The van der Waals surface area contributed by atoms with Gasteiger partial charge in [-0.25, -0.2) is 0 Å². The van der Waals surface area contributed by atoms with Crippen LogP contribution in [0.15, 0.2) is 18.2 Å². The maximum absolute atomic E-state index is 13.1. The van der Waals surface area contributed by atoms with Crippen molar-refractivity contribution in [2.75, 3.05) is 26.7 Å². The third-order valence-corrected chi connectivity index (χ3v) is 8.30. The fraction of sp³-hybridized carbons (Fsp3) is 0.714. The number of rotatable bonds is 3. The molecule has 2 saturated heterocycles. The van der Waals surface area contributed by atoms with Crippen LogP contribution >= 0.6 is 0 Å². The first-order valence-electron chi connectivity index (χ1n) is 10.4. The second kappa shape index (κ2) is 7.27. The van der Waals surface area contributed by atoms with Gasteiger partial charge in [-0.3, -0.25) is 4.90 Å². The Balaban J connectivity index is 1.62. The Morgan fingerprint density at radius 2 is 2.00 bits per heavy atom. The highest BCUT2D eigenvalue weighted by molar-refractivity contribution is 7.87. The smallest absolute Gasteiger partial charge is 0.280 e. The maximum Gasteiger partial charge on any atom is 0.280 e. The van der Waals surface area contributed by atoms with E-state index in [2.05, 4.69) is 21.8 Å². The van der Waals surface area contributed by atoms with E-state index in [1.165, 1.54) is 11.1 Å². The molecule has 2 fully saturated rings. The summed E-state index contributed by atoms with van der Waals surface area (Å²) in [6.45, 7) is 8.36. The number of hydrogen-bond acceptors (Lipinski definition) is 4. The van der Waals surface area contributed by atoms with Crippen LogP contribution in [0.25, 0.3) is 0 Å². The molecule has 3 aliphatic heterocycles. The highest BCUT2D eigenvalue weighted by Gasteiger charge is 2.46. The van der Waals surface area contributed by atoms with Gasteiger partial charge < -0.3 is 4.74 Å². The molecule has 0 saturated carbocycles. The molecule has 156 valence electrons. The summed E-state index contributed by atoms with van der Waals surface area (Å²) in [7, 11) is -1.79. The van der Waals surface area contributed by atoms with Crippen molar-refractivity contribution in [3.63, 3.8) is 0 Å². The lowest BCUT2D eigenvalue weighted by molar-refractivity contribution is 0.0212. The lowest BCUT2D eigenvalue weighted by Gasteiger charge is -2.52. The third-order valence-electron chi connectivity index (χ3n) is 6.36. The summed E-state index contributed by atoms with van der Waals surface area (Å²) in [6.07, 6.45) is 3.96. The van der Waals surface area contributed by atoms with Crippen molar-refractivity contribution in [2.24, 2.45) is 5.92 Å². The molecule has 0 unspecified atom stereocenters. The van der Waals surface area contributed by atoms with Crippen LogP contribution in [-0.2, 0) is 16.6 Å². The van der Waals surface area contributed by atoms with Gasteiger partial charge in [0, 0.05) is 37.3 Å². The number of methoxy groups -OCH3 is 1. The summed E-state index contributed by atoms with van der Waals surface area (Å²) in [5.41, 5.74) is 2.22. The Bertz CT molecular complexity index is 834. The molecule has 0 bridgehead atoms. The van der Waals surface area contributed by atoms with Gasteiger partial charge in [-0.05, 0) is 75.6 Å². The zero-order chi connectivity index (χ0) is 20.1. The van der Waals surface area contributed by atoms with E-state index in [9.17, 15) is 8.42 Å². The number of nitrogens with zero attached hydrogens (tertiary/aromatic N) is 2. The molecule has 4 rings (SSSR count). The second-order valence-corrected chi connectivity index (χ2v) is 11.1. The van der Waals surface area contributed by atoms with Gasteiger partial charge in [-0.2, -0.15) is 17.4 Å². The summed E-state index contributed by atoms with van der Waals surface area (Å²) < 4.78 is 36.3. The van der Waals surface area contributed by atoms with Gasteiger partial charge >= 0.3 is 0 Å². The molecule has 0 radical (unpaired) electrons. The van der Waals surface area contributed by atoms with E-state index >= 15 is 0 Å². The number of piperidine rings is 2. The maximum atomic E-state index is 13.1. The lowest BCUT2D eigenvalue weighted by Crippen LogP contribution is -2.60. The van der Waals surface area contributed by atoms with Crippen molar-refractivity contribution < 1.29 is 13.2 Å². The first kappa shape index (κ1) is 20.1. The Kier molecular flexibility index (Phi) is 5.23. The molecule has 3 heterocycles. The summed E-state index contributed by atoms with van der Waals surface area (Å²) in [4.78, 5) is 2.57. The molecule has 6 nitrogen and oxygen atoms in total. The minimum atomic E-state index is -3.49. The van der Waals surface area contributed by atoms with E-state index in [0.29, 0.717) is 18.5 Å². The van der Waals surface area contributed by atoms with Crippen LogP contribution in [0.5, 0.6) is 5.75 Å². The van der Waals surface area contributed by atoms with Gasteiger partial charge in [0.05, 0.1) is 7.11 Å². The van der Waals surface area contributed by atoms with Crippen LogP contribution in [0.1, 0.15) is 57.2 Å². The van der Waals surface area contributed by atoms with Gasteiger partial charge in [-0.15, -0.1) is 0 Å². The summed E-state index contributed by atoms with van der Waals surface area (Å²) >= 11 is 0. The molecule has 0 spiro atoms. The van der Waals surface area contributed by atoms with Gasteiger partial charge in [0.1, 0.15) is 5.75 Å². The van der Waals surface area contributed by atoms with E-state index in [1.807, 2.05) is 26.8 Å². The van der Waals surface area contributed by atoms with Crippen LogP contribution in [0.4, 0.5) is 0 Å². The highest BCUT2D eigenvalue weighted by atomic mass is 32.2. The predicted molar refractivity (Wildman–Crippen MR) is 111 cm³/mol. The van der Waals surface area contributed by atoms with Gasteiger partial charge in [0.2, 0.25) is 0 Å². The Hall–Kier alpha value is -1.15. The van der Waals surface area contributed by atoms with Crippen LogP contribution in [-0.4, -0.2) is 55.9 Å². The Labute approximate surface area is 169 Å². The van der Waals surface area contributed by atoms with Crippen molar-refractivity contribution in [1.82, 2.24) is 13.9 Å². The molecule has 7 heteroatoms. The quantitative estimate of drug-likeness (QED) is 0.837. The minimum Gasteiger partial charge on any atom is -0.497 e. The fourth-order valence-corrected chi connectivity index (χ4v) is 7.14. The topological polar surface area (TPSA) is 61.9 Å². The van der Waals surface area contributed by atoms with Crippen LogP contribution < -0.4 is 9.46 Å². The molecule has 1 N–H and O–H groups in total. The molecule has 0 aromatic heterocycles. The number of hydrogen-bond donors (Lipinski definition) is 1. The molecule has 28 heavy (non-hydrogen) atoms. The summed E-state index contributed by atoms with van der Waals surface area (Å²) in [6, 6.07) is 6.73. The average molecular weight is 408 g/mol. The van der Waals surface area contributed by atoms with E-state index in [-0.39, 0.29) is 6.04 Å². The van der Waals surface area contributed by atoms with Gasteiger partial charge in [0.15, 0.2) is 0 Å². The fourth-order valence-electron chi connectivity index (χ4n) is 5.26. The van der Waals surface area contributed by atoms with E-state index in [0.717, 1.165) is 44.5 Å². The van der Waals surface area contributed by atoms with E-state index < -0.39 is 15.7 Å². The Morgan fingerprint density at radius 3 is 2.71 bits per heavy atom. The molecule has 3 aliphatic rings. The van der Waals surface area contributed by atoms with Crippen LogP contribution in [0.3, 0.4) is 0 Å². The molecule has 0 amide bonds. The third kappa shape index (κ3) is 3.82. The summed E-state index contributed by atoms with van der Waals surface area (Å²) in [5, 5.41) is 0. The van der Waals surface area contributed by atoms with Crippen LogP contribution in [0, 0.1) is 5.92 Å². The van der Waals surface area contributed by atoms with Crippen molar-refractivity contribution in [1.29, 1.82) is 0 Å². The first-order valence-corrected chi connectivity index (χ1v) is 11.8. The van der Waals surface area contributed by atoms with E-state index in [1.54, 1.807) is 11.4 Å². The number of fused-ring (bicyclic) bond motifs is 4. The molecular weight excluding hydrogens is 374 g/mol. The Morgan fingerprint density at radius 1 is 1.21 bits per heavy atom. The first-order chi connectivity index (χ1) is 13.2. The SMILES string of the molecule is COc1ccc2c(c1)CCN1C[C@H]3CCCN(S(=O)(=O)NC(C)(C)C)[C@H]3C[C@H]21. The number of nitrogens with one attached hydrogen (secondary N) is 1. The standard InChI is InChI=1S/C21H33N3O3S/c1-21(2,3)22-28(25,26)24-10-5-6-16-14-23-11-9-15-12-17(27-4)7-8-18(15)20(23)13-19(16)24/h7-8,12,16,19-20,22H,5-6,9-11,13-14H2,1-4H3/t16-,19+,20-/m1/s1. The lowest BCUT2D eigenvalue weighted by atomic mass is 9.77. The predicted octanol–water partition coefficient (Wildman–Crippen LogP) is 2.71. The van der Waals surface area contributed by atoms with Gasteiger partial charge in [0.25, 0.3) is 10.2 Å². The highest BCUT2D eigenvalue weighted by Crippen LogP contribution is 2.44. The molecule has 1 aromatic rings. The van der Waals surface area contributed by atoms with Gasteiger partial charge in [-0.1, -0.05) is 6.07 Å². The largest absolute Gasteiger partial charge is 0.497 e. The normalized spacial score (nSPS) is 28.9. The second-order valence-electron chi connectivity index (χ2n) is 9.50. The number of benzene rings is 1. The zero-order valence-corrected chi connectivity index (χ0v) is 18.3. The average Bonchev–Trinajstić information content (AvgIpc) is 2.63. The molecule has 3 atom stereocenters. The minimum absolute atomic E-state index is 0.0721. The van der Waals surface area contributed by atoms with Crippen molar-refractivity contribution >= 4 is 10.2 Å². The van der Waals surface area contributed by atoms with Crippen LogP contribution in [0.2, 0.25) is 0 Å². The van der Waals surface area contributed by atoms with E-state index in [4.69, 9.17) is 4.74 Å². The van der Waals surface area contributed by atoms with Crippen molar-refractivity contribution in [2.45, 2.75) is 64.1 Å². The van der Waals surface area contributed by atoms with Crippen molar-refractivity contribution in [3.05, 3.63) is 29.3 Å². The molecule has 1 aromatic carbocycles. The number of ether oxygens (including phenoxy) is 1. The molecular formula is C21H33N3O3S. The molecule has 0 aliphatic carbocycles. The summed E-state index contributed by atoms with van der Waals surface area (Å²) in [5.74, 6) is 1.32.